The Balaban J connectivity index is 1.54. The SMILES string of the molecule is CCCN(C)CCCN1CCN(c2cc(-c3ccnc(C)n3)cc3ccc(OC)cc23)CC1. The number of aromatic nitrogens is 2. The van der Waals surface area contributed by atoms with E-state index in [2.05, 4.69) is 62.9 Å². The first-order valence-electron chi connectivity index (χ1n) is 12.1. The van der Waals surface area contributed by atoms with Crippen LogP contribution in [0.25, 0.3) is 22.0 Å². The molecule has 1 aromatic heterocycles. The fourth-order valence-electron chi connectivity index (χ4n) is 4.74. The van der Waals surface area contributed by atoms with Gasteiger partial charge in [-0.15, -0.1) is 0 Å². The molecule has 1 aliphatic heterocycles. The first-order valence-corrected chi connectivity index (χ1v) is 12.1. The van der Waals surface area contributed by atoms with E-state index in [1.54, 1.807) is 7.11 Å². The minimum absolute atomic E-state index is 0.794. The summed E-state index contributed by atoms with van der Waals surface area (Å²) in [4.78, 5) is 16.5. The molecule has 1 fully saturated rings. The van der Waals surface area contributed by atoms with E-state index in [0.717, 1.165) is 49.0 Å². The van der Waals surface area contributed by atoms with Gasteiger partial charge < -0.3 is 14.5 Å². The molecule has 6 nitrogen and oxygen atoms in total. The maximum absolute atomic E-state index is 5.54. The maximum Gasteiger partial charge on any atom is 0.125 e. The molecule has 4 rings (SSSR count). The van der Waals surface area contributed by atoms with E-state index < -0.39 is 0 Å². The number of hydrogen-bond acceptors (Lipinski definition) is 6. The largest absolute Gasteiger partial charge is 0.497 e. The van der Waals surface area contributed by atoms with Gasteiger partial charge in [0.25, 0.3) is 0 Å². The summed E-state index contributed by atoms with van der Waals surface area (Å²) in [6.45, 7) is 12.0. The summed E-state index contributed by atoms with van der Waals surface area (Å²) in [6.07, 6.45) is 4.30. The highest BCUT2D eigenvalue weighted by Gasteiger charge is 2.20. The normalized spacial score (nSPS) is 14.9. The zero-order valence-electron chi connectivity index (χ0n) is 20.5. The first kappa shape index (κ1) is 23.5. The number of ether oxygens (including phenoxy) is 1. The van der Waals surface area contributed by atoms with E-state index >= 15 is 0 Å². The van der Waals surface area contributed by atoms with Crippen LogP contribution < -0.4 is 9.64 Å². The summed E-state index contributed by atoms with van der Waals surface area (Å²) in [5, 5.41) is 2.44. The number of nitrogens with zero attached hydrogens (tertiary/aromatic N) is 5. The molecule has 33 heavy (non-hydrogen) atoms. The van der Waals surface area contributed by atoms with Crippen LogP contribution in [0.4, 0.5) is 5.69 Å². The lowest BCUT2D eigenvalue weighted by Gasteiger charge is -2.37. The number of hydrogen-bond donors (Lipinski definition) is 0. The lowest BCUT2D eigenvalue weighted by Crippen LogP contribution is -2.47. The average Bonchev–Trinajstić information content (AvgIpc) is 2.83. The molecule has 2 heterocycles. The first-order chi connectivity index (χ1) is 16.1. The van der Waals surface area contributed by atoms with Crippen LogP contribution in [0.2, 0.25) is 0 Å². The van der Waals surface area contributed by atoms with Gasteiger partial charge in [0.1, 0.15) is 11.6 Å². The number of piperazine rings is 1. The van der Waals surface area contributed by atoms with Crippen molar-refractivity contribution in [2.75, 3.05) is 64.9 Å². The Morgan fingerprint density at radius 2 is 1.85 bits per heavy atom. The van der Waals surface area contributed by atoms with Crippen molar-refractivity contribution >= 4 is 16.5 Å². The molecule has 0 amide bonds. The zero-order valence-corrected chi connectivity index (χ0v) is 20.5. The van der Waals surface area contributed by atoms with Crippen LogP contribution >= 0.6 is 0 Å². The molecule has 0 atom stereocenters. The van der Waals surface area contributed by atoms with Gasteiger partial charge in [0.05, 0.1) is 12.8 Å². The molecule has 0 radical (unpaired) electrons. The number of fused-ring (bicyclic) bond motifs is 1. The van der Waals surface area contributed by atoms with E-state index in [1.807, 2.05) is 25.3 Å². The van der Waals surface area contributed by atoms with Crippen molar-refractivity contribution in [3.05, 3.63) is 48.4 Å². The van der Waals surface area contributed by atoms with Crippen molar-refractivity contribution in [2.24, 2.45) is 0 Å². The van der Waals surface area contributed by atoms with Crippen molar-refractivity contribution in [3.8, 4) is 17.0 Å². The predicted molar refractivity (Wildman–Crippen MR) is 137 cm³/mol. The van der Waals surface area contributed by atoms with E-state index in [-0.39, 0.29) is 0 Å². The summed E-state index contributed by atoms with van der Waals surface area (Å²) in [5.74, 6) is 1.69. The Hall–Kier alpha value is -2.70. The number of methoxy groups -OCH3 is 1. The maximum atomic E-state index is 5.54. The van der Waals surface area contributed by atoms with E-state index in [4.69, 9.17) is 4.74 Å². The minimum atomic E-state index is 0.794. The van der Waals surface area contributed by atoms with Gasteiger partial charge in [0, 0.05) is 49.0 Å². The number of anilines is 1. The molecular formula is C27H37N5O. The van der Waals surface area contributed by atoms with Gasteiger partial charge in [-0.1, -0.05) is 13.0 Å². The predicted octanol–water partition coefficient (Wildman–Crippen LogP) is 4.47. The van der Waals surface area contributed by atoms with Gasteiger partial charge in [-0.05, 0) is 82.2 Å². The van der Waals surface area contributed by atoms with Gasteiger partial charge in [0.15, 0.2) is 0 Å². The molecule has 176 valence electrons. The highest BCUT2D eigenvalue weighted by Crippen LogP contribution is 2.35. The number of benzene rings is 2. The number of rotatable bonds is 9. The quantitative estimate of drug-likeness (QED) is 0.482. The number of aryl methyl sites for hydroxylation is 1. The van der Waals surface area contributed by atoms with Crippen LogP contribution in [0.3, 0.4) is 0 Å². The summed E-state index contributed by atoms with van der Waals surface area (Å²) < 4.78 is 5.54. The lowest BCUT2D eigenvalue weighted by atomic mass is 10.0. The van der Waals surface area contributed by atoms with E-state index in [1.165, 1.54) is 48.9 Å². The van der Waals surface area contributed by atoms with E-state index in [9.17, 15) is 0 Å². The Bertz CT molecular complexity index is 1060. The molecule has 0 aliphatic carbocycles. The molecule has 1 aliphatic rings. The van der Waals surface area contributed by atoms with Crippen molar-refractivity contribution < 1.29 is 4.74 Å². The van der Waals surface area contributed by atoms with Crippen molar-refractivity contribution in [2.45, 2.75) is 26.7 Å². The Labute approximate surface area is 198 Å². The monoisotopic (exact) mass is 447 g/mol. The lowest BCUT2D eigenvalue weighted by molar-refractivity contribution is 0.234. The van der Waals surface area contributed by atoms with Gasteiger partial charge in [-0.3, -0.25) is 4.90 Å². The second-order valence-corrected chi connectivity index (χ2v) is 9.06. The molecule has 3 aromatic rings. The topological polar surface area (TPSA) is 44.7 Å². The Morgan fingerprint density at radius 1 is 1.03 bits per heavy atom. The Morgan fingerprint density at radius 3 is 2.58 bits per heavy atom. The summed E-state index contributed by atoms with van der Waals surface area (Å²) in [6, 6.07) is 12.9. The molecular weight excluding hydrogens is 410 g/mol. The molecule has 2 aromatic carbocycles. The fraction of sp³-hybridized carbons (Fsp3) is 0.481. The smallest absolute Gasteiger partial charge is 0.125 e. The summed E-state index contributed by atoms with van der Waals surface area (Å²) in [7, 11) is 3.96. The summed E-state index contributed by atoms with van der Waals surface area (Å²) >= 11 is 0. The van der Waals surface area contributed by atoms with Crippen LogP contribution in [0.1, 0.15) is 25.6 Å². The molecule has 0 spiro atoms. The van der Waals surface area contributed by atoms with E-state index in [0.29, 0.717) is 0 Å². The van der Waals surface area contributed by atoms with Crippen molar-refractivity contribution in [1.82, 2.24) is 19.8 Å². The second-order valence-electron chi connectivity index (χ2n) is 9.06. The third-order valence-electron chi connectivity index (χ3n) is 6.54. The minimum Gasteiger partial charge on any atom is -0.497 e. The van der Waals surface area contributed by atoms with Gasteiger partial charge in [-0.2, -0.15) is 0 Å². The average molecular weight is 448 g/mol. The standard InChI is InChI=1S/C27H37N5O/c1-5-11-30(3)12-6-13-31-14-16-32(17-15-31)27-19-23(26-9-10-28-21(2)29-26)18-22-7-8-24(33-4)20-25(22)27/h7-10,18-20H,5-6,11-17H2,1-4H3. The Kier molecular flexibility index (Phi) is 7.78. The van der Waals surface area contributed by atoms with Crippen molar-refractivity contribution in [3.63, 3.8) is 0 Å². The third-order valence-corrected chi connectivity index (χ3v) is 6.54. The fourth-order valence-corrected chi connectivity index (χ4v) is 4.74. The van der Waals surface area contributed by atoms with Gasteiger partial charge in [0.2, 0.25) is 0 Å². The highest BCUT2D eigenvalue weighted by atomic mass is 16.5. The van der Waals surface area contributed by atoms with Crippen LogP contribution in [0.5, 0.6) is 5.75 Å². The summed E-state index contributed by atoms with van der Waals surface area (Å²) in [5.41, 5.74) is 3.37. The van der Waals surface area contributed by atoms with Gasteiger partial charge >= 0.3 is 0 Å². The molecule has 0 unspecified atom stereocenters. The van der Waals surface area contributed by atoms with Crippen LogP contribution in [0.15, 0.2) is 42.6 Å². The third kappa shape index (κ3) is 5.81. The molecule has 1 saturated heterocycles. The highest BCUT2D eigenvalue weighted by molar-refractivity contribution is 5.98. The molecule has 0 saturated carbocycles. The zero-order chi connectivity index (χ0) is 23.2. The second kappa shape index (κ2) is 10.9. The molecule has 0 N–H and O–H groups in total. The van der Waals surface area contributed by atoms with Crippen LogP contribution in [-0.2, 0) is 0 Å². The van der Waals surface area contributed by atoms with Gasteiger partial charge in [-0.25, -0.2) is 9.97 Å². The molecule has 0 bridgehead atoms. The van der Waals surface area contributed by atoms with Crippen LogP contribution in [-0.4, -0.2) is 79.7 Å². The van der Waals surface area contributed by atoms with Crippen LogP contribution in [0, 0.1) is 6.92 Å². The molecule has 6 heteroatoms. The van der Waals surface area contributed by atoms with Crippen molar-refractivity contribution in [1.29, 1.82) is 0 Å².